The predicted molar refractivity (Wildman–Crippen MR) is 77.6 cm³/mol. The molecule has 21 heavy (non-hydrogen) atoms. The van der Waals surface area contributed by atoms with Gasteiger partial charge in [-0.3, -0.25) is 15.1 Å². The van der Waals surface area contributed by atoms with Gasteiger partial charge in [0.05, 0.1) is 11.2 Å². The summed E-state index contributed by atoms with van der Waals surface area (Å²) in [4.78, 5) is 24.9. The van der Waals surface area contributed by atoms with Crippen LogP contribution in [0.3, 0.4) is 0 Å². The van der Waals surface area contributed by atoms with E-state index < -0.39 is 11.7 Å². The first-order valence-corrected chi connectivity index (χ1v) is 6.91. The normalized spacial score (nSPS) is 10.5. The maximum atomic E-state index is 11.8. The van der Waals surface area contributed by atoms with Gasteiger partial charge in [0.25, 0.3) is 5.91 Å². The van der Waals surface area contributed by atoms with E-state index in [4.69, 9.17) is 11.6 Å². The second-order valence-electron chi connectivity index (χ2n) is 3.89. The van der Waals surface area contributed by atoms with Gasteiger partial charge in [0.1, 0.15) is 0 Å². The summed E-state index contributed by atoms with van der Waals surface area (Å²) in [5.41, 5.74) is 0.727. The summed E-state index contributed by atoms with van der Waals surface area (Å²) in [5, 5.41) is 11.7. The number of hydrogen-bond acceptors (Lipinski definition) is 6. The zero-order chi connectivity index (χ0) is 14.8. The molecule has 1 amide bonds. The Labute approximate surface area is 126 Å². The van der Waals surface area contributed by atoms with Crippen LogP contribution in [0.25, 0.3) is 10.6 Å². The number of halogens is 1. The lowest BCUT2D eigenvalue weighted by Crippen LogP contribution is -2.11. The van der Waals surface area contributed by atoms with Gasteiger partial charge in [-0.2, -0.15) is 0 Å². The van der Waals surface area contributed by atoms with E-state index in [0.29, 0.717) is 10.0 Å². The topological polar surface area (TPSA) is 101 Å². The average Bonchev–Trinajstić information content (AvgIpc) is 3.08. The van der Waals surface area contributed by atoms with Gasteiger partial charge in [0.2, 0.25) is 10.9 Å². The van der Waals surface area contributed by atoms with Crippen molar-refractivity contribution in [1.29, 1.82) is 0 Å². The van der Waals surface area contributed by atoms with E-state index in [1.165, 1.54) is 6.20 Å². The van der Waals surface area contributed by atoms with E-state index in [1.807, 2.05) is 12.1 Å². The molecule has 2 heterocycles. The Morgan fingerprint density at radius 2 is 2.14 bits per heavy atom. The van der Waals surface area contributed by atoms with Crippen LogP contribution < -0.4 is 11.1 Å². The van der Waals surface area contributed by atoms with Crippen molar-refractivity contribution in [3.05, 3.63) is 51.8 Å². The van der Waals surface area contributed by atoms with Crippen LogP contribution in [0.2, 0.25) is 5.02 Å². The van der Waals surface area contributed by atoms with E-state index in [0.717, 1.165) is 16.9 Å². The summed E-state index contributed by atoms with van der Waals surface area (Å²) in [7, 11) is 0. The van der Waals surface area contributed by atoms with Gasteiger partial charge in [0, 0.05) is 5.56 Å². The summed E-state index contributed by atoms with van der Waals surface area (Å²) < 4.78 is 4.64. The van der Waals surface area contributed by atoms with Crippen LogP contribution >= 0.6 is 22.9 Å². The van der Waals surface area contributed by atoms with Crippen LogP contribution in [0.1, 0.15) is 10.6 Å². The largest absolute Gasteiger partial charge is 0.416 e. The van der Waals surface area contributed by atoms with Crippen LogP contribution in [-0.4, -0.2) is 21.1 Å². The molecule has 0 saturated heterocycles. The van der Waals surface area contributed by atoms with Crippen LogP contribution in [-0.2, 0) is 0 Å². The number of anilines is 1. The third kappa shape index (κ3) is 2.86. The number of hydrogen-bond donors (Lipinski definition) is 2. The highest BCUT2D eigenvalue weighted by Gasteiger charge is 2.15. The van der Waals surface area contributed by atoms with Crippen molar-refractivity contribution in [3.63, 3.8) is 0 Å². The number of carbonyl (C=O) groups is 1. The highest BCUT2D eigenvalue weighted by atomic mass is 35.5. The zero-order valence-corrected chi connectivity index (χ0v) is 11.9. The minimum absolute atomic E-state index is 0.130. The molecule has 2 aromatic heterocycles. The zero-order valence-electron chi connectivity index (χ0n) is 10.3. The molecule has 0 fully saturated rings. The first-order valence-electron chi connectivity index (χ1n) is 5.72. The van der Waals surface area contributed by atoms with Crippen LogP contribution in [0, 0.1) is 0 Å². The van der Waals surface area contributed by atoms with Crippen LogP contribution in [0.5, 0.6) is 0 Å². The molecule has 106 valence electrons. The van der Waals surface area contributed by atoms with Crippen molar-refractivity contribution >= 4 is 34.0 Å². The molecule has 3 rings (SSSR count). The van der Waals surface area contributed by atoms with E-state index in [-0.39, 0.29) is 10.9 Å². The number of H-pyrrole nitrogens is 1. The van der Waals surface area contributed by atoms with Crippen LogP contribution in [0.15, 0.2) is 39.7 Å². The lowest BCUT2D eigenvalue weighted by atomic mass is 10.2. The van der Waals surface area contributed by atoms with Crippen molar-refractivity contribution < 1.29 is 9.21 Å². The number of aromatic amines is 1. The minimum Gasteiger partial charge on any atom is -0.403 e. The number of nitrogens with zero attached hydrogens (tertiary/aromatic N) is 2. The molecule has 0 radical (unpaired) electrons. The highest BCUT2D eigenvalue weighted by molar-refractivity contribution is 7.18. The summed E-state index contributed by atoms with van der Waals surface area (Å²) in [6, 6.07) is 7.18. The molecule has 0 aliphatic heterocycles. The summed E-state index contributed by atoms with van der Waals surface area (Å²) in [6.45, 7) is 0. The summed E-state index contributed by atoms with van der Waals surface area (Å²) >= 11 is 7.23. The number of nitrogens with one attached hydrogen (secondary N) is 2. The van der Waals surface area contributed by atoms with Crippen molar-refractivity contribution in [3.8, 4) is 10.6 Å². The smallest absolute Gasteiger partial charge is 0.403 e. The van der Waals surface area contributed by atoms with Gasteiger partial charge in [-0.05, 0) is 6.07 Å². The number of benzene rings is 1. The molecule has 0 saturated carbocycles. The van der Waals surface area contributed by atoms with E-state index in [9.17, 15) is 9.59 Å². The molecule has 0 aliphatic rings. The number of carbonyl (C=O) groups excluding carboxylic acids is 1. The van der Waals surface area contributed by atoms with E-state index in [1.54, 1.807) is 12.1 Å². The van der Waals surface area contributed by atoms with Gasteiger partial charge in [0.15, 0.2) is 5.01 Å². The molecular formula is C12H7ClN4O3S. The highest BCUT2D eigenvalue weighted by Crippen LogP contribution is 2.31. The molecule has 1 aromatic carbocycles. The molecule has 0 atom stereocenters. The summed E-state index contributed by atoms with van der Waals surface area (Å²) in [5.74, 6) is -1.42. The first kappa shape index (κ1) is 13.5. The Bertz CT molecular complexity index is 854. The Morgan fingerprint density at radius 3 is 2.86 bits per heavy atom. The van der Waals surface area contributed by atoms with Crippen molar-refractivity contribution in [2.75, 3.05) is 5.32 Å². The number of aromatic nitrogens is 3. The van der Waals surface area contributed by atoms with Crippen molar-refractivity contribution in [1.82, 2.24) is 15.2 Å². The molecule has 7 nitrogen and oxygen atoms in total. The molecule has 2 N–H and O–H groups in total. The molecule has 0 unspecified atom stereocenters. The molecule has 0 aliphatic carbocycles. The average molecular weight is 323 g/mol. The second kappa shape index (κ2) is 5.51. The van der Waals surface area contributed by atoms with E-state index in [2.05, 4.69) is 24.9 Å². The molecule has 0 spiro atoms. The van der Waals surface area contributed by atoms with Gasteiger partial charge in [-0.15, -0.1) is 10.2 Å². The third-order valence-corrected chi connectivity index (χ3v) is 3.70. The quantitative estimate of drug-likeness (QED) is 0.771. The predicted octanol–water partition coefficient (Wildman–Crippen LogP) is 2.39. The fraction of sp³-hybridized carbons (Fsp3) is 0. The fourth-order valence-electron chi connectivity index (χ4n) is 1.57. The molecule has 9 heteroatoms. The van der Waals surface area contributed by atoms with Crippen molar-refractivity contribution in [2.45, 2.75) is 0 Å². The maximum absolute atomic E-state index is 11.8. The lowest BCUT2D eigenvalue weighted by molar-refractivity contribution is 0.0995. The standard InChI is InChI=1S/C12H7ClN4O3S/c13-7-4-2-1-3-6(7)10-16-17-11(21-10)15-9(18)8-5-14-12(19)20-8/h1-5H,(H,14,19)(H,15,17,18). The molecule has 0 bridgehead atoms. The Kier molecular flexibility index (Phi) is 3.55. The SMILES string of the molecule is O=C(Nc1nnc(-c2ccccc2Cl)s1)c1c[nH]c(=O)o1. The molecule has 3 aromatic rings. The monoisotopic (exact) mass is 322 g/mol. The van der Waals surface area contributed by atoms with Crippen LogP contribution in [0.4, 0.5) is 5.13 Å². The maximum Gasteiger partial charge on any atom is 0.416 e. The van der Waals surface area contributed by atoms with Gasteiger partial charge in [-0.25, -0.2) is 4.79 Å². The van der Waals surface area contributed by atoms with E-state index >= 15 is 0 Å². The number of amides is 1. The number of oxazole rings is 1. The molecular weight excluding hydrogens is 316 g/mol. The Morgan fingerprint density at radius 1 is 1.33 bits per heavy atom. The van der Waals surface area contributed by atoms with Crippen molar-refractivity contribution in [2.24, 2.45) is 0 Å². The number of rotatable bonds is 3. The minimum atomic E-state index is -0.700. The fourth-order valence-corrected chi connectivity index (χ4v) is 2.63. The van der Waals surface area contributed by atoms with Gasteiger partial charge in [-0.1, -0.05) is 41.1 Å². The van der Waals surface area contributed by atoms with Gasteiger partial charge < -0.3 is 4.42 Å². The Hall–Kier alpha value is -2.45. The third-order valence-electron chi connectivity index (χ3n) is 2.50. The summed E-state index contributed by atoms with van der Waals surface area (Å²) in [6.07, 6.45) is 1.17. The van der Waals surface area contributed by atoms with Gasteiger partial charge >= 0.3 is 5.76 Å². The second-order valence-corrected chi connectivity index (χ2v) is 5.27. The lowest BCUT2D eigenvalue weighted by Gasteiger charge is -1.97. The Balaban J connectivity index is 1.81. The first-order chi connectivity index (χ1) is 10.1.